The van der Waals surface area contributed by atoms with Crippen LogP contribution in [-0.2, 0) is 11.3 Å². The molecule has 6 nitrogen and oxygen atoms in total. The van der Waals surface area contributed by atoms with E-state index in [0.29, 0.717) is 12.2 Å². The van der Waals surface area contributed by atoms with E-state index in [1.165, 1.54) is 12.3 Å². The SMILES string of the molecule is Cc1c(O)c(=O)ccn1CC(=O)NCCCC(N)CI. The standard InChI is InChI=1S/C13H20IN3O3/c1-9-13(20)11(18)4-6-17(9)8-12(19)16-5-2-3-10(15)7-14/h4,6,10,20H,2-3,5,7-8,15H2,1H3,(H,16,19). The van der Waals surface area contributed by atoms with E-state index in [2.05, 4.69) is 27.9 Å². The van der Waals surface area contributed by atoms with Crippen molar-refractivity contribution >= 4 is 28.5 Å². The maximum atomic E-state index is 11.8. The van der Waals surface area contributed by atoms with Crippen molar-refractivity contribution in [3.8, 4) is 5.75 Å². The molecule has 0 aromatic carbocycles. The molecular weight excluding hydrogens is 373 g/mol. The van der Waals surface area contributed by atoms with Gasteiger partial charge >= 0.3 is 0 Å². The molecule has 1 atom stereocenters. The molecule has 1 amide bonds. The third-order valence-corrected chi connectivity index (χ3v) is 4.13. The number of carbonyl (C=O) groups excluding carboxylic acids is 1. The van der Waals surface area contributed by atoms with Gasteiger partial charge in [-0.3, -0.25) is 9.59 Å². The van der Waals surface area contributed by atoms with Crippen LogP contribution in [0.2, 0.25) is 0 Å². The number of nitrogens with zero attached hydrogens (tertiary/aromatic N) is 1. The highest BCUT2D eigenvalue weighted by molar-refractivity contribution is 14.1. The lowest BCUT2D eigenvalue weighted by Crippen LogP contribution is -2.30. The van der Waals surface area contributed by atoms with E-state index in [1.54, 1.807) is 11.5 Å². The number of pyridine rings is 1. The van der Waals surface area contributed by atoms with Crippen LogP contribution in [0.5, 0.6) is 5.75 Å². The summed E-state index contributed by atoms with van der Waals surface area (Å²) in [6.45, 7) is 2.26. The second-order valence-electron chi connectivity index (χ2n) is 4.65. The number of hydrogen-bond donors (Lipinski definition) is 3. The molecule has 0 spiro atoms. The average molecular weight is 393 g/mol. The molecule has 0 saturated heterocycles. The Balaban J connectivity index is 2.43. The first-order valence-electron chi connectivity index (χ1n) is 6.43. The topological polar surface area (TPSA) is 97.3 Å². The lowest BCUT2D eigenvalue weighted by molar-refractivity contribution is -0.121. The van der Waals surface area contributed by atoms with Gasteiger partial charge in [0.25, 0.3) is 0 Å². The first kappa shape index (κ1) is 17.0. The van der Waals surface area contributed by atoms with Gasteiger partial charge in [-0.15, -0.1) is 0 Å². The van der Waals surface area contributed by atoms with Gasteiger partial charge in [-0.1, -0.05) is 22.6 Å². The Morgan fingerprint density at radius 3 is 2.95 bits per heavy atom. The van der Waals surface area contributed by atoms with Crippen molar-refractivity contribution in [1.29, 1.82) is 0 Å². The summed E-state index contributed by atoms with van der Waals surface area (Å²) >= 11 is 2.24. The summed E-state index contributed by atoms with van der Waals surface area (Å²) in [7, 11) is 0. The molecule has 0 bridgehead atoms. The highest BCUT2D eigenvalue weighted by Gasteiger charge is 2.08. The molecule has 1 rings (SSSR count). The number of alkyl halides is 1. The van der Waals surface area contributed by atoms with Crippen LogP contribution in [0.4, 0.5) is 0 Å². The monoisotopic (exact) mass is 393 g/mol. The summed E-state index contributed by atoms with van der Waals surface area (Å²) in [6, 6.07) is 1.42. The number of amides is 1. The molecule has 1 aromatic heterocycles. The Hall–Kier alpha value is -1.09. The van der Waals surface area contributed by atoms with Gasteiger partial charge in [0.1, 0.15) is 6.54 Å². The summed E-state index contributed by atoms with van der Waals surface area (Å²) < 4.78 is 2.45. The van der Waals surface area contributed by atoms with E-state index in [1.807, 2.05) is 0 Å². The highest BCUT2D eigenvalue weighted by Crippen LogP contribution is 2.08. The molecule has 0 aliphatic heterocycles. The van der Waals surface area contributed by atoms with Crippen LogP contribution >= 0.6 is 22.6 Å². The van der Waals surface area contributed by atoms with E-state index in [9.17, 15) is 14.7 Å². The molecule has 0 aliphatic rings. The molecule has 0 fully saturated rings. The molecule has 4 N–H and O–H groups in total. The summed E-state index contributed by atoms with van der Waals surface area (Å²) in [4.78, 5) is 23.0. The van der Waals surface area contributed by atoms with Crippen LogP contribution in [0.25, 0.3) is 0 Å². The lowest BCUT2D eigenvalue weighted by atomic mass is 10.2. The van der Waals surface area contributed by atoms with Crippen molar-refractivity contribution in [2.24, 2.45) is 5.73 Å². The fourth-order valence-electron chi connectivity index (χ4n) is 1.71. The minimum absolute atomic E-state index is 0.0814. The Labute approximate surface area is 131 Å². The third kappa shape index (κ3) is 5.12. The van der Waals surface area contributed by atoms with Gasteiger partial charge in [-0.05, 0) is 19.8 Å². The lowest BCUT2D eigenvalue weighted by Gasteiger charge is -2.12. The third-order valence-electron chi connectivity index (χ3n) is 3.00. The molecule has 0 aliphatic carbocycles. The van der Waals surface area contributed by atoms with Gasteiger partial charge in [0.05, 0.1) is 5.69 Å². The summed E-state index contributed by atoms with van der Waals surface area (Å²) in [5.41, 5.74) is 5.73. The Morgan fingerprint density at radius 1 is 1.60 bits per heavy atom. The highest BCUT2D eigenvalue weighted by atomic mass is 127. The predicted octanol–water partition coefficient (Wildman–Crippen LogP) is 0.521. The quantitative estimate of drug-likeness (QED) is 0.358. The molecular formula is C13H20IN3O3. The largest absolute Gasteiger partial charge is 0.503 e. The van der Waals surface area contributed by atoms with Crippen LogP contribution in [0, 0.1) is 6.92 Å². The van der Waals surface area contributed by atoms with Gasteiger partial charge in [0.15, 0.2) is 5.75 Å². The first-order valence-corrected chi connectivity index (χ1v) is 7.95. The Kier molecular flexibility index (Phi) is 7.00. The number of aromatic nitrogens is 1. The van der Waals surface area contributed by atoms with Crippen LogP contribution in [-0.4, -0.2) is 32.6 Å². The maximum Gasteiger partial charge on any atom is 0.239 e. The van der Waals surface area contributed by atoms with Crippen molar-refractivity contribution in [2.45, 2.75) is 32.4 Å². The summed E-state index contributed by atoms with van der Waals surface area (Å²) in [5.74, 6) is -0.465. The van der Waals surface area contributed by atoms with Crippen molar-refractivity contribution in [3.05, 3.63) is 28.2 Å². The maximum absolute atomic E-state index is 11.8. The average Bonchev–Trinajstić information content (AvgIpc) is 2.44. The molecule has 112 valence electrons. The second-order valence-corrected chi connectivity index (χ2v) is 5.53. The number of carbonyl (C=O) groups is 1. The fourth-order valence-corrected chi connectivity index (χ4v) is 2.15. The van der Waals surface area contributed by atoms with Crippen LogP contribution in [0.15, 0.2) is 17.1 Å². The minimum Gasteiger partial charge on any atom is -0.503 e. The van der Waals surface area contributed by atoms with Crippen molar-refractivity contribution < 1.29 is 9.90 Å². The van der Waals surface area contributed by atoms with E-state index >= 15 is 0 Å². The number of hydrogen-bond acceptors (Lipinski definition) is 4. The number of aromatic hydroxyl groups is 1. The van der Waals surface area contributed by atoms with Gasteiger partial charge in [-0.2, -0.15) is 0 Å². The molecule has 1 aromatic rings. The van der Waals surface area contributed by atoms with E-state index in [4.69, 9.17) is 5.73 Å². The molecule has 1 heterocycles. The van der Waals surface area contributed by atoms with Crippen molar-refractivity contribution in [2.75, 3.05) is 11.0 Å². The number of nitrogens with one attached hydrogen (secondary N) is 1. The smallest absolute Gasteiger partial charge is 0.239 e. The molecule has 20 heavy (non-hydrogen) atoms. The zero-order chi connectivity index (χ0) is 15.1. The predicted molar refractivity (Wildman–Crippen MR) is 86.2 cm³/mol. The van der Waals surface area contributed by atoms with Crippen LogP contribution in [0.3, 0.4) is 0 Å². The number of halogens is 1. The van der Waals surface area contributed by atoms with Gasteiger partial charge in [0.2, 0.25) is 11.3 Å². The van der Waals surface area contributed by atoms with Crippen molar-refractivity contribution in [3.63, 3.8) is 0 Å². The molecule has 0 radical (unpaired) electrons. The fraction of sp³-hybridized carbons (Fsp3) is 0.538. The number of rotatable bonds is 7. The van der Waals surface area contributed by atoms with Gasteiger partial charge in [-0.25, -0.2) is 0 Å². The summed E-state index contributed by atoms with van der Waals surface area (Å²) in [5, 5.41) is 12.3. The molecule has 7 heteroatoms. The second kappa shape index (κ2) is 8.25. The van der Waals surface area contributed by atoms with E-state index in [0.717, 1.165) is 17.3 Å². The molecule has 0 saturated carbocycles. The van der Waals surface area contributed by atoms with Crippen LogP contribution in [0.1, 0.15) is 18.5 Å². The minimum atomic E-state index is -0.438. The Bertz CT molecular complexity index is 516. The molecule has 1 unspecified atom stereocenters. The first-order chi connectivity index (χ1) is 9.45. The van der Waals surface area contributed by atoms with Crippen LogP contribution < -0.4 is 16.5 Å². The van der Waals surface area contributed by atoms with E-state index in [-0.39, 0.29) is 24.2 Å². The summed E-state index contributed by atoms with van der Waals surface area (Å²) in [6.07, 6.45) is 3.22. The zero-order valence-electron chi connectivity index (χ0n) is 11.4. The van der Waals surface area contributed by atoms with Crippen molar-refractivity contribution in [1.82, 2.24) is 9.88 Å². The van der Waals surface area contributed by atoms with Gasteiger partial charge < -0.3 is 20.7 Å². The zero-order valence-corrected chi connectivity index (χ0v) is 13.6. The van der Waals surface area contributed by atoms with E-state index < -0.39 is 5.43 Å². The Morgan fingerprint density at radius 2 is 2.30 bits per heavy atom. The number of nitrogens with two attached hydrogens (primary N) is 1. The normalized spacial score (nSPS) is 12.2. The van der Waals surface area contributed by atoms with Gasteiger partial charge in [0, 0.05) is 29.3 Å².